The van der Waals surface area contributed by atoms with Crippen LogP contribution >= 0.6 is 11.8 Å². The average Bonchev–Trinajstić information content (AvgIpc) is 3.35. The van der Waals surface area contributed by atoms with Crippen molar-refractivity contribution in [2.75, 3.05) is 12.3 Å². The number of Topliss-reactive ketones (excluding diaryl/α,β-unsaturated/α-hetero) is 1. The third kappa shape index (κ3) is 5.63. The highest BCUT2D eigenvalue weighted by Crippen LogP contribution is 2.25. The molecule has 39 heavy (non-hydrogen) atoms. The first kappa shape index (κ1) is 26.4. The van der Waals surface area contributed by atoms with E-state index in [1.54, 1.807) is 30.5 Å². The number of rotatable bonds is 9. The third-order valence-corrected chi connectivity index (χ3v) is 7.34. The molecule has 5 rings (SSSR count). The van der Waals surface area contributed by atoms with Crippen molar-refractivity contribution in [2.24, 2.45) is 5.92 Å². The predicted molar refractivity (Wildman–Crippen MR) is 152 cm³/mol. The number of fused-ring (bicyclic) bond motifs is 2. The van der Waals surface area contributed by atoms with Crippen molar-refractivity contribution in [3.05, 3.63) is 100 Å². The maximum absolute atomic E-state index is 14.1. The van der Waals surface area contributed by atoms with Gasteiger partial charge < -0.3 is 10.3 Å². The molecule has 0 aliphatic heterocycles. The maximum Gasteiger partial charge on any atom is 0.266 e. The molecule has 0 atom stereocenters. The van der Waals surface area contributed by atoms with E-state index in [9.17, 15) is 18.8 Å². The molecule has 3 aromatic carbocycles. The summed E-state index contributed by atoms with van der Waals surface area (Å²) in [6, 6.07) is 17.9. The molecular formula is C30H27FN4O3S. The molecule has 0 bridgehead atoms. The van der Waals surface area contributed by atoms with Crippen molar-refractivity contribution in [1.82, 2.24) is 19.9 Å². The number of aromatic nitrogens is 3. The summed E-state index contributed by atoms with van der Waals surface area (Å²) < 4.78 is 15.4. The number of halogens is 1. The Morgan fingerprint density at radius 3 is 2.67 bits per heavy atom. The van der Waals surface area contributed by atoms with Crippen molar-refractivity contribution in [1.29, 1.82) is 0 Å². The van der Waals surface area contributed by atoms with E-state index < -0.39 is 11.4 Å². The van der Waals surface area contributed by atoms with Crippen LogP contribution in [0.1, 0.15) is 41.0 Å². The second-order valence-electron chi connectivity index (χ2n) is 9.64. The van der Waals surface area contributed by atoms with Gasteiger partial charge in [-0.05, 0) is 54.8 Å². The zero-order chi connectivity index (χ0) is 27.5. The summed E-state index contributed by atoms with van der Waals surface area (Å²) >= 11 is 1.09. The van der Waals surface area contributed by atoms with Gasteiger partial charge in [-0.3, -0.25) is 19.0 Å². The summed E-state index contributed by atoms with van der Waals surface area (Å²) in [4.78, 5) is 47.3. The molecule has 1 amide bonds. The molecule has 2 heterocycles. The van der Waals surface area contributed by atoms with E-state index in [-0.39, 0.29) is 28.0 Å². The minimum Gasteiger partial charge on any atom is -0.360 e. The number of carbonyl (C=O) groups excluding carboxylic acids is 2. The number of benzene rings is 3. The van der Waals surface area contributed by atoms with Gasteiger partial charge in [0.1, 0.15) is 5.82 Å². The highest BCUT2D eigenvalue weighted by atomic mass is 32.2. The highest BCUT2D eigenvalue weighted by Gasteiger charge is 2.19. The fourth-order valence-electron chi connectivity index (χ4n) is 4.33. The lowest BCUT2D eigenvalue weighted by molar-refractivity contribution is 0.0951. The van der Waals surface area contributed by atoms with Crippen molar-refractivity contribution in [3.63, 3.8) is 0 Å². The standard InChI is InChI=1S/C30H27FN4O3S/c1-18(2)12-13-32-28(37)19-10-11-23-26(14-19)34-30(35(29(23)38)21-7-5-6-20(31)15-21)39-17-27(36)24-16-33-25-9-4-3-8-22(24)25/h3-11,14-16,18,33H,12-13,17H2,1-2H3,(H,32,37). The van der Waals surface area contributed by atoms with E-state index in [4.69, 9.17) is 0 Å². The topological polar surface area (TPSA) is 96.9 Å². The average molecular weight is 543 g/mol. The Kier molecular flexibility index (Phi) is 7.60. The predicted octanol–water partition coefficient (Wildman–Crippen LogP) is 5.76. The van der Waals surface area contributed by atoms with Crippen LogP contribution in [-0.4, -0.2) is 38.5 Å². The molecule has 0 radical (unpaired) electrons. The first-order chi connectivity index (χ1) is 18.8. The number of aromatic amines is 1. The number of thioether (sulfide) groups is 1. The quantitative estimate of drug-likeness (QED) is 0.140. The van der Waals surface area contributed by atoms with Crippen molar-refractivity contribution < 1.29 is 14.0 Å². The Morgan fingerprint density at radius 2 is 1.87 bits per heavy atom. The molecule has 0 unspecified atom stereocenters. The Labute approximate surface area is 228 Å². The molecule has 9 heteroatoms. The minimum atomic E-state index is -0.501. The van der Waals surface area contributed by atoms with Crippen LogP contribution in [0.3, 0.4) is 0 Å². The molecule has 5 aromatic rings. The Morgan fingerprint density at radius 1 is 1.05 bits per heavy atom. The Balaban J connectivity index is 1.52. The molecule has 0 fully saturated rings. The lowest BCUT2D eigenvalue weighted by Gasteiger charge is -2.14. The van der Waals surface area contributed by atoms with Crippen LogP contribution in [0.15, 0.2) is 82.9 Å². The van der Waals surface area contributed by atoms with E-state index in [2.05, 4.69) is 29.1 Å². The second-order valence-corrected chi connectivity index (χ2v) is 10.6. The first-order valence-corrected chi connectivity index (χ1v) is 13.6. The van der Waals surface area contributed by atoms with Gasteiger partial charge in [-0.1, -0.05) is 49.9 Å². The van der Waals surface area contributed by atoms with Gasteiger partial charge in [0.25, 0.3) is 11.5 Å². The highest BCUT2D eigenvalue weighted by molar-refractivity contribution is 7.99. The number of carbonyl (C=O) groups is 2. The summed E-state index contributed by atoms with van der Waals surface area (Å²) in [5.41, 5.74) is 1.98. The number of amides is 1. The largest absolute Gasteiger partial charge is 0.360 e. The van der Waals surface area contributed by atoms with E-state index in [0.717, 1.165) is 29.1 Å². The van der Waals surface area contributed by atoms with Crippen LogP contribution in [-0.2, 0) is 0 Å². The SMILES string of the molecule is CC(C)CCNC(=O)c1ccc2c(=O)n(-c3cccc(F)c3)c(SCC(=O)c3c[nH]c4ccccc34)nc2c1. The van der Waals surface area contributed by atoms with Gasteiger partial charge in [-0.25, -0.2) is 9.37 Å². The molecule has 0 spiro atoms. The molecule has 0 aliphatic rings. The van der Waals surface area contributed by atoms with Gasteiger partial charge in [0.15, 0.2) is 10.9 Å². The number of nitrogens with one attached hydrogen (secondary N) is 2. The lowest BCUT2D eigenvalue weighted by atomic mass is 10.1. The summed E-state index contributed by atoms with van der Waals surface area (Å²) in [6.07, 6.45) is 2.52. The van der Waals surface area contributed by atoms with Crippen LogP contribution in [0, 0.1) is 11.7 Å². The van der Waals surface area contributed by atoms with Crippen molar-refractivity contribution in [3.8, 4) is 5.69 Å². The summed E-state index contributed by atoms with van der Waals surface area (Å²) in [5.74, 6) is -0.437. The normalized spacial score (nSPS) is 11.4. The Bertz CT molecular complexity index is 1760. The summed E-state index contributed by atoms with van der Waals surface area (Å²) in [6.45, 7) is 4.70. The number of para-hydroxylation sites is 1. The number of hydrogen-bond donors (Lipinski definition) is 2. The number of ketones is 1. The smallest absolute Gasteiger partial charge is 0.266 e. The third-order valence-electron chi connectivity index (χ3n) is 6.40. The molecular weight excluding hydrogens is 515 g/mol. The Hall–Kier alpha value is -4.24. The van der Waals surface area contributed by atoms with E-state index >= 15 is 0 Å². The zero-order valence-corrected chi connectivity index (χ0v) is 22.3. The fraction of sp³-hybridized carbons (Fsp3) is 0.200. The van der Waals surface area contributed by atoms with Gasteiger partial charge >= 0.3 is 0 Å². The lowest BCUT2D eigenvalue weighted by Crippen LogP contribution is -2.26. The van der Waals surface area contributed by atoms with E-state index in [0.29, 0.717) is 34.8 Å². The summed E-state index contributed by atoms with van der Waals surface area (Å²) in [5, 5.41) is 4.21. The van der Waals surface area contributed by atoms with Gasteiger partial charge in [-0.2, -0.15) is 0 Å². The minimum absolute atomic E-state index is 0.00445. The molecule has 198 valence electrons. The van der Waals surface area contributed by atoms with Gasteiger partial charge in [0.05, 0.1) is 22.3 Å². The van der Waals surface area contributed by atoms with Crippen LogP contribution < -0.4 is 10.9 Å². The van der Waals surface area contributed by atoms with Gasteiger partial charge in [0, 0.05) is 34.8 Å². The van der Waals surface area contributed by atoms with Crippen molar-refractivity contribution >= 4 is 45.3 Å². The number of hydrogen-bond acceptors (Lipinski definition) is 5. The molecule has 7 nitrogen and oxygen atoms in total. The van der Waals surface area contributed by atoms with Crippen LogP contribution in [0.25, 0.3) is 27.5 Å². The van der Waals surface area contributed by atoms with Crippen LogP contribution in [0.2, 0.25) is 0 Å². The van der Waals surface area contributed by atoms with Gasteiger partial charge in [0.2, 0.25) is 0 Å². The van der Waals surface area contributed by atoms with Gasteiger partial charge in [-0.15, -0.1) is 0 Å². The van der Waals surface area contributed by atoms with Crippen LogP contribution in [0.4, 0.5) is 4.39 Å². The molecule has 0 aliphatic carbocycles. The molecule has 0 saturated carbocycles. The summed E-state index contributed by atoms with van der Waals surface area (Å²) in [7, 11) is 0. The second kappa shape index (κ2) is 11.2. The van der Waals surface area contributed by atoms with Crippen molar-refractivity contribution in [2.45, 2.75) is 25.4 Å². The zero-order valence-electron chi connectivity index (χ0n) is 21.5. The monoisotopic (exact) mass is 542 g/mol. The molecule has 0 saturated heterocycles. The van der Waals surface area contributed by atoms with E-state index in [1.807, 2.05) is 24.3 Å². The fourth-order valence-corrected chi connectivity index (χ4v) is 5.23. The van der Waals surface area contributed by atoms with E-state index in [1.165, 1.54) is 22.8 Å². The van der Waals surface area contributed by atoms with Crippen LogP contribution in [0.5, 0.6) is 0 Å². The maximum atomic E-state index is 14.1. The molecule has 2 aromatic heterocycles. The number of H-pyrrole nitrogens is 1. The first-order valence-electron chi connectivity index (χ1n) is 12.6. The number of nitrogens with zero attached hydrogens (tertiary/aromatic N) is 2. The molecule has 2 N–H and O–H groups in total.